The van der Waals surface area contributed by atoms with Crippen molar-refractivity contribution >= 4 is 9.52 Å². The van der Waals surface area contributed by atoms with Gasteiger partial charge in [0.25, 0.3) is 0 Å². The number of hydrogen-bond donors (Lipinski definition) is 0. The Morgan fingerprint density at radius 1 is 1.07 bits per heavy atom. The van der Waals surface area contributed by atoms with Crippen molar-refractivity contribution in [1.82, 2.24) is 0 Å². The van der Waals surface area contributed by atoms with Crippen LogP contribution >= 0.6 is 0 Å². The minimum absolute atomic E-state index is 0. The third-order valence-corrected chi connectivity index (χ3v) is 3.17. The van der Waals surface area contributed by atoms with E-state index in [1.807, 2.05) is 30.3 Å². The molecule has 0 unspecified atom stereocenters. The molecule has 0 amide bonds. The molecule has 0 heterocycles. The molecule has 2 heteroatoms. The van der Waals surface area contributed by atoms with Gasteiger partial charge in [-0.05, 0) is 0 Å². The Balaban J connectivity index is 0.000000280. The summed E-state index contributed by atoms with van der Waals surface area (Å²) in [5.41, 5.74) is 1.52. The number of hydrogen-bond acceptors (Lipinski definition) is 0. The smallest absolute Gasteiger partial charge is 0.214 e. The molecule has 2 rings (SSSR count). The summed E-state index contributed by atoms with van der Waals surface area (Å²) in [4.78, 5) is 0. The van der Waals surface area contributed by atoms with Crippen molar-refractivity contribution < 1.29 is 17.1 Å². The fourth-order valence-corrected chi connectivity index (χ4v) is 2.04. The molecular weight excluding hydrogens is 240 g/mol. The molecule has 0 N–H and O–H groups in total. The van der Waals surface area contributed by atoms with Crippen molar-refractivity contribution in [2.24, 2.45) is 0 Å². The molecule has 15 heavy (non-hydrogen) atoms. The summed E-state index contributed by atoms with van der Waals surface area (Å²) in [6.45, 7) is 2.36. The average Bonchev–Trinajstić information content (AvgIpc) is 2.90. The minimum Gasteiger partial charge on any atom is -0.214 e. The van der Waals surface area contributed by atoms with Crippen LogP contribution in [-0.4, -0.2) is 9.52 Å². The third-order valence-electron chi connectivity index (χ3n) is 2.11. The predicted molar refractivity (Wildman–Crippen MR) is 67.0 cm³/mol. The van der Waals surface area contributed by atoms with E-state index in [1.54, 1.807) is 0 Å². The minimum atomic E-state index is 0. The molecule has 0 saturated carbocycles. The summed E-state index contributed by atoms with van der Waals surface area (Å²) >= 11 is 0. The summed E-state index contributed by atoms with van der Waals surface area (Å²) in [7, 11) is 0.292. The summed E-state index contributed by atoms with van der Waals surface area (Å²) in [6, 6.07) is 20.1. The largest absolute Gasteiger partial charge is 2.00 e. The van der Waals surface area contributed by atoms with Crippen molar-refractivity contribution in [3.05, 3.63) is 60.2 Å². The first-order chi connectivity index (χ1) is 6.93. The molecule has 0 fully saturated rings. The van der Waals surface area contributed by atoms with E-state index in [0.29, 0.717) is 9.52 Å². The summed E-state index contributed by atoms with van der Waals surface area (Å²) in [5.74, 6) is 0. The zero-order chi connectivity index (χ0) is 10.1. The van der Waals surface area contributed by atoms with Gasteiger partial charge in [-0.1, -0.05) is 19.0 Å². The van der Waals surface area contributed by atoms with Gasteiger partial charge in [0.1, 0.15) is 0 Å². The number of aryl methyl sites for hydroxylation is 1. The molecule has 2 aromatic rings. The van der Waals surface area contributed by atoms with E-state index in [9.17, 15) is 0 Å². The van der Waals surface area contributed by atoms with E-state index in [2.05, 4.69) is 30.8 Å². The van der Waals surface area contributed by atoms with Gasteiger partial charge >= 0.3 is 17.1 Å². The number of rotatable bonds is 3. The summed E-state index contributed by atoms with van der Waals surface area (Å²) < 4.78 is 0. The van der Waals surface area contributed by atoms with E-state index in [-0.39, 0.29) is 17.1 Å². The molecular formula is C13H18FeSi. The normalized spacial score (nSPS) is 9.40. The van der Waals surface area contributed by atoms with Crippen LogP contribution in [0.2, 0.25) is 12.6 Å². The van der Waals surface area contributed by atoms with E-state index < -0.39 is 0 Å². The van der Waals surface area contributed by atoms with Crippen LogP contribution in [0.15, 0.2) is 54.6 Å². The van der Waals surface area contributed by atoms with Crippen LogP contribution in [0.3, 0.4) is 0 Å². The molecule has 0 aromatic heterocycles. The van der Waals surface area contributed by atoms with Crippen molar-refractivity contribution in [2.45, 2.75) is 19.0 Å². The van der Waals surface area contributed by atoms with Gasteiger partial charge in [0.15, 0.2) is 0 Å². The van der Waals surface area contributed by atoms with Crippen LogP contribution in [0.4, 0.5) is 0 Å². The van der Waals surface area contributed by atoms with Crippen molar-refractivity contribution in [3.8, 4) is 0 Å². The van der Waals surface area contributed by atoms with Gasteiger partial charge in [-0.3, -0.25) is 0 Å². The van der Waals surface area contributed by atoms with E-state index >= 15 is 0 Å². The molecule has 0 spiro atoms. The molecule has 0 aliphatic rings. The monoisotopic (exact) mass is 258 g/mol. The Morgan fingerprint density at radius 2 is 1.67 bits per heavy atom. The van der Waals surface area contributed by atoms with Gasteiger partial charge in [0, 0.05) is 9.52 Å². The topological polar surface area (TPSA) is 0 Å². The Morgan fingerprint density at radius 3 is 2.07 bits per heavy atom. The molecule has 0 aliphatic heterocycles. The molecule has 82 valence electrons. The van der Waals surface area contributed by atoms with Crippen LogP contribution in [0, 0.1) is 0 Å². The van der Waals surface area contributed by atoms with Crippen LogP contribution in [0.1, 0.15) is 5.56 Å². The van der Waals surface area contributed by atoms with Gasteiger partial charge in [0.2, 0.25) is 0 Å². The SMILES string of the molecule is C[SiH2]CC[c-]1cccc1.[Fe+2].c1cc[cH-]c1. The Hall–Kier alpha value is -0.564. The summed E-state index contributed by atoms with van der Waals surface area (Å²) in [5, 5.41) is 0. The second kappa shape index (κ2) is 9.97. The fourth-order valence-electron chi connectivity index (χ4n) is 1.28. The second-order valence-corrected chi connectivity index (χ2v) is 5.07. The maximum atomic E-state index is 2.36. The quantitative estimate of drug-likeness (QED) is 0.586. The Bertz CT molecular complexity index is 267. The Kier molecular flexibility index (Phi) is 9.60. The first-order valence-electron chi connectivity index (χ1n) is 5.30. The zero-order valence-electron chi connectivity index (χ0n) is 9.17. The van der Waals surface area contributed by atoms with Gasteiger partial charge in [0.05, 0.1) is 0 Å². The van der Waals surface area contributed by atoms with Crippen LogP contribution in [0.25, 0.3) is 0 Å². The summed E-state index contributed by atoms with van der Waals surface area (Å²) in [6.07, 6.45) is 1.32. The molecule has 0 nitrogen and oxygen atoms in total. The van der Waals surface area contributed by atoms with Crippen LogP contribution < -0.4 is 0 Å². The first-order valence-corrected chi connectivity index (χ1v) is 7.72. The third kappa shape index (κ3) is 7.38. The fraction of sp³-hybridized carbons (Fsp3) is 0.231. The van der Waals surface area contributed by atoms with E-state index in [4.69, 9.17) is 0 Å². The zero-order valence-corrected chi connectivity index (χ0v) is 11.7. The van der Waals surface area contributed by atoms with Gasteiger partial charge in [-0.15, -0.1) is 0 Å². The molecule has 0 bridgehead atoms. The molecule has 0 radical (unpaired) electrons. The maximum absolute atomic E-state index is 2.36. The maximum Gasteiger partial charge on any atom is 2.00 e. The molecule has 0 saturated heterocycles. The van der Waals surface area contributed by atoms with E-state index in [1.165, 1.54) is 18.0 Å². The molecule has 0 aliphatic carbocycles. The van der Waals surface area contributed by atoms with Gasteiger partial charge < -0.3 is 0 Å². The second-order valence-electron chi connectivity index (χ2n) is 3.36. The van der Waals surface area contributed by atoms with Crippen LogP contribution in [-0.2, 0) is 23.5 Å². The average molecular weight is 258 g/mol. The molecule has 2 aromatic carbocycles. The first kappa shape index (κ1) is 14.4. The van der Waals surface area contributed by atoms with Crippen LogP contribution in [0.5, 0.6) is 0 Å². The Labute approximate surface area is 106 Å². The van der Waals surface area contributed by atoms with Crippen molar-refractivity contribution in [3.63, 3.8) is 0 Å². The van der Waals surface area contributed by atoms with Crippen molar-refractivity contribution in [2.75, 3.05) is 0 Å². The van der Waals surface area contributed by atoms with Gasteiger partial charge in [-0.25, -0.2) is 24.3 Å². The van der Waals surface area contributed by atoms with E-state index in [0.717, 1.165) is 0 Å². The van der Waals surface area contributed by atoms with Crippen molar-refractivity contribution in [1.29, 1.82) is 0 Å². The van der Waals surface area contributed by atoms with Gasteiger partial charge in [-0.2, -0.15) is 35.9 Å². The predicted octanol–water partition coefficient (Wildman–Crippen LogP) is 2.99. The molecule has 0 atom stereocenters. The standard InChI is InChI=1S/C8H13Si.C5H5.Fe/c1-9-7-6-8-4-2-3-5-8;1-2-4-5-3-1;/h2-5H,6-7,9H2,1H3;1-5H;/q2*-1;+2.